The van der Waals surface area contributed by atoms with Gasteiger partial charge in [-0.25, -0.2) is 4.79 Å². The minimum atomic E-state index is -4.02. The lowest BCUT2D eigenvalue weighted by Gasteiger charge is -2.26. The minimum absolute atomic E-state index is 0.0184. The van der Waals surface area contributed by atoms with Crippen molar-refractivity contribution in [3.63, 3.8) is 0 Å². The number of hydrogen-bond acceptors (Lipinski definition) is 6. The summed E-state index contributed by atoms with van der Waals surface area (Å²) in [6.45, 7) is 5.31. The molecule has 1 atom stereocenters. The normalized spacial score (nSPS) is 12.9. The molecule has 0 heterocycles. The van der Waals surface area contributed by atoms with Crippen molar-refractivity contribution in [2.75, 3.05) is 13.6 Å². The van der Waals surface area contributed by atoms with Crippen LogP contribution in [0.4, 0.5) is 4.79 Å². The van der Waals surface area contributed by atoms with Gasteiger partial charge < -0.3 is 18.9 Å². The van der Waals surface area contributed by atoms with Crippen molar-refractivity contribution in [3.8, 4) is 5.75 Å². The van der Waals surface area contributed by atoms with Crippen molar-refractivity contribution in [1.29, 1.82) is 0 Å². The first kappa shape index (κ1) is 23.6. The fourth-order valence-corrected chi connectivity index (χ4v) is 3.99. The van der Waals surface area contributed by atoms with E-state index in [1.54, 1.807) is 45.0 Å². The fraction of sp³-hybridized carbons (Fsp3) is 0.292. The number of carbonyl (C=O) groups is 1. The largest absolute Gasteiger partial charge is 0.444 e. The van der Waals surface area contributed by atoms with Crippen LogP contribution in [0.25, 0.3) is 10.8 Å². The molecule has 0 fully saturated rings. The summed E-state index contributed by atoms with van der Waals surface area (Å²) in [7, 11) is -2.48. The van der Waals surface area contributed by atoms with E-state index in [4.69, 9.17) is 8.92 Å². The molecule has 0 radical (unpaired) electrons. The van der Waals surface area contributed by atoms with Crippen LogP contribution in [0.2, 0.25) is 0 Å². The molecule has 32 heavy (non-hydrogen) atoms. The van der Waals surface area contributed by atoms with Gasteiger partial charge >= 0.3 is 16.2 Å². The zero-order valence-corrected chi connectivity index (χ0v) is 19.3. The van der Waals surface area contributed by atoms with Gasteiger partial charge in [0.2, 0.25) is 0 Å². The first-order chi connectivity index (χ1) is 14.9. The summed E-state index contributed by atoms with van der Waals surface area (Å²) in [5.41, 5.74) is -0.123. The summed E-state index contributed by atoms with van der Waals surface area (Å²) in [5, 5.41) is 12.2. The monoisotopic (exact) mass is 457 g/mol. The Balaban J connectivity index is 1.67. The quantitative estimate of drug-likeness (QED) is 0.548. The Morgan fingerprint density at radius 1 is 1.00 bits per heavy atom. The van der Waals surface area contributed by atoms with E-state index in [9.17, 15) is 18.3 Å². The van der Waals surface area contributed by atoms with E-state index in [2.05, 4.69) is 0 Å². The number of hydrogen-bond donors (Lipinski definition) is 1. The average molecular weight is 458 g/mol. The Hall–Kier alpha value is -3.10. The molecule has 0 spiro atoms. The fourth-order valence-electron chi connectivity index (χ4n) is 3.02. The van der Waals surface area contributed by atoms with Gasteiger partial charge in [0.15, 0.2) is 0 Å². The zero-order chi connectivity index (χ0) is 23.5. The highest BCUT2D eigenvalue weighted by Gasteiger charge is 2.22. The second kappa shape index (κ2) is 9.18. The number of likely N-dealkylation sites (N-methyl/N-ethyl adjacent to an activating group) is 1. The average Bonchev–Trinajstić information content (AvgIpc) is 2.72. The van der Waals surface area contributed by atoms with Crippen LogP contribution in [-0.4, -0.2) is 43.7 Å². The molecule has 0 aliphatic carbocycles. The number of benzene rings is 3. The molecule has 0 aliphatic rings. The molecule has 1 amide bonds. The topological polar surface area (TPSA) is 93.1 Å². The van der Waals surface area contributed by atoms with Gasteiger partial charge in [0.25, 0.3) is 0 Å². The highest BCUT2D eigenvalue weighted by Crippen LogP contribution is 2.24. The third-order valence-electron chi connectivity index (χ3n) is 4.63. The Labute approximate surface area is 188 Å². The molecule has 0 saturated heterocycles. The van der Waals surface area contributed by atoms with Crippen LogP contribution >= 0.6 is 0 Å². The van der Waals surface area contributed by atoms with Crippen molar-refractivity contribution in [1.82, 2.24) is 4.90 Å². The number of aliphatic hydroxyl groups excluding tert-OH is 1. The van der Waals surface area contributed by atoms with Gasteiger partial charge in [-0.1, -0.05) is 42.5 Å². The lowest BCUT2D eigenvalue weighted by atomic mass is 10.1. The molecule has 3 aromatic carbocycles. The molecule has 0 bridgehead atoms. The Morgan fingerprint density at radius 2 is 1.62 bits per heavy atom. The highest BCUT2D eigenvalue weighted by molar-refractivity contribution is 7.87. The van der Waals surface area contributed by atoms with E-state index < -0.39 is 27.9 Å². The maximum absolute atomic E-state index is 12.7. The van der Waals surface area contributed by atoms with Crippen molar-refractivity contribution >= 4 is 27.0 Å². The number of ether oxygens (including phenoxy) is 1. The van der Waals surface area contributed by atoms with E-state index in [0.29, 0.717) is 5.56 Å². The third-order valence-corrected chi connectivity index (χ3v) is 5.88. The lowest BCUT2D eigenvalue weighted by molar-refractivity contribution is 0.0205. The van der Waals surface area contributed by atoms with Crippen LogP contribution in [-0.2, 0) is 14.9 Å². The van der Waals surface area contributed by atoms with E-state index >= 15 is 0 Å². The van der Waals surface area contributed by atoms with E-state index in [1.165, 1.54) is 30.1 Å². The molecule has 0 saturated carbocycles. The standard InChI is InChI=1S/C24H27NO6S/c1-24(2,3)30-23(27)25(4)16-22(26)18-9-12-20(13-10-18)31-32(28,29)21-14-11-17-7-5-6-8-19(17)15-21/h5-15,22,26H,16H2,1-4H3. The van der Waals surface area contributed by atoms with Gasteiger partial charge in [0, 0.05) is 7.05 Å². The van der Waals surface area contributed by atoms with Crippen molar-refractivity contribution in [2.45, 2.75) is 37.4 Å². The number of aliphatic hydroxyl groups is 1. The van der Waals surface area contributed by atoms with Crippen molar-refractivity contribution in [3.05, 3.63) is 72.3 Å². The summed E-state index contributed by atoms with van der Waals surface area (Å²) in [6.07, 6.45) is -1.52. The van der Waals surface area contributed by atoms with Crippen LogP contribution in [0.1, 0.15) is 32.4 Å². The summed E-state index contributed by atoms with van der Waals surface area (Å²) >= 11 is 0. The molecule has 0 aromatic heterocycles. The van der Waals surface area contributed by atoms with Gasteiger partial charge in [-0.15, -0.1) is 0 Å². The first-order valence-electron chi connectivity index (χ1n) is 10.1. The summed E-state index contributed by atoms with van der Waals surface area (Å²) in [5.74, 6) is 0.120. The molecule has 0 aliphatic heterocycles. The molecule has 3 rings (SSSR count). The third kappa shape index (κ3) is 5.99. The number of rotatable bonds is 6. The van der Waals surface area contributed by atoms with Crippen LogP contribution in [0.15, 0.2) is 71.6 Å². The summed E-state index contributed by atoms with van der Waals surface area (Å²) < 4.78 is 35.9. The Morgan fingerprint density at radius 3 is 2.25 bits per heavy atom. The van der Waals surface area contributed by atoms with Crippen LogP contribution in [0.5, 0.6) is 5.75 Å². The maximum atomic E-state index is 12.7. The van der Waals surface area contributed by atoms with Gasteiger partial charge in [-0.3, -0.25) is 0 Å². The van der Waals surface area contributed by atoms with Gasteiger partial charge in [-0.05, 0) is 61.4 Å². The SMILES string of the molecule is CN(CC(O)c1ccc(OS(=O)(=O)c2ccc3ccccc3c2)cc1)C(=O)OC(C)(C)C. The summed E-state index contributed by atoms with van der Waals surface area (Å²) in [4.78, 5) is 13.4. The molecule has 8 heteroatoms. The van der Waals surface area contributed by atoms with Crippen molar-refractivity contribution in [2.24, 2.45) is 0 Å². The molecule has 3 aromatic rings. The summed E-state index contributed by atoms with van der Waals surface area (Å²) in [6, 6.07) is 18.3. The molecular formula is C24H27NO6S. The first-order valence-corrected chi connectivity index (χ1v) is 11.5. The smallest absolute Gasteiger partial charge is 0.410 e. The molecule has 7 nitrogen and oxygen atoms in total. The van der Waals surface area contributed by atoms with E-state index in [0.717, 1.165) is 10.8 Å². The number of amides is 1. The lowest BCUT2D eigenvalue weighted by Crippen LogP contribution is -2.36. The van der Waals surface area contributed by atoms with Gasteiger partial charge in [0.05, 0.1) is 12.6 Å². The van der Waals surface area contributed by atoms with E-state index in [1.807, 2.05) is 24.3 Å². The predicted molar refractivity (Wildman–Crippen MR) is 122 cm³/mol. The van der Waals surface area contributed by atoms with Crippen LogP contribution in [0, 0.1) is 0 Å². The molecule has 1 unspecified atom stereocenters. The highest BCUT2D eigenvalue weighted by atomic mass is 32.2. The number of fused-ring (bicyclic) bond motifs is 1. The van der Waals surface area contributed by atoms with E-state index in [-0.39, 0.29) is 17.2 Å². The Kier molecular flexibility index (Phi) is 6.76. The van der Waals surface area contributed by atoms with Gasteiger partial charge in [0.1, 0.15) is 16.2 Å². The molecular weight excluding hydrogens is 430 g/mol. The Bertz CT molecular complexity index is 1200. The second-order valence-electron chi connectivity index (χ2n) is 8.49. The predicted octanol–water partition coefficient (Wildman–Crippen LogP) is 4.51. The maximum Gasteiger partial charge on any atom is 0.410 e. The number of nitrogens with zero attached hydrogens (tertiary/aromatic N) is 1. The second-order valence-corrected chi connectivity index (χ2v) is 10.0. The van der Waals surface area contributed by atoms with Crippen molar-refractivity contribution < 1.29 is 27.2 Å². The number of carbonyl (C=O) groups excluding carboxylic acids is 1. The van der Waals surface area contributed by atoms with Crippen LogP contribution < -0.4 is 4.18 Å². The van der Waals surface area contributed by atoms with Crippen LogP contribution in [0.3, 0.4) is 0 Å². The molecule has 170 valence electrons. The molecule has 1 N–H and O–H groups in total. The zero-order valence-electron chi connectivity index (χ0n) is 18.5. The van der Waals surface area contributed by atoms with Gasteiger partial charge in [-0.2, -0.15) is 8.42 Å². The minimum Gasteiger partial charge on any atom is -0.444 e.